The fraction of sp³-hybridized carbons (Fsp3) is 0.300. The zero-order valence-electron chi connectivity index (χ0n) is 16.0. The van der Waals surface area contributed by atoms with E-state index in [9.17, 15) is 9.59 Å². The zero-order chi connectivity index (χ0) is 20.2. The van der Waals surface area contributed by atoms with E-state index in [0.717, 1.165) is 16.3 Å². The Labute approximate surface area is 165 Å². The van der Waals surface area contributed by atoms with Crippen molar-refractivity contribution in [3.05, 3.63) is 52.5 Å². The van der Waals surface area contributed by atoms with Crippen molar-refractivity contribution in [3.63, 3.8) is 0 Å². The molecule has 27 heavy (non-hydrogen) atoms. The van der Waals surface area contributed by atoms with Crippen LogP contribution in [0.5, 0.6) is 11.5 Å². The summed E-state index contributed by atoms with van der Waals surface area (Å²) < 4.78 is 10.3. The van der Waals surface area contributed by atoms with E-state index in [0.29, 0.717) is 30.7 Å². The Bertz CT molecular complexity index is 753. The molecule has 0 fully saturated rings. The van der Waals surface area contributed by atoms with Crippen LogP contribution in [0.4, 0.5) is 5.69 Å². The Morgan fingerprint density at radius 2 is 1.85 bits per heavy atom. The molecule has 0 heterocycles. The van der Waals surface area contributed by atoms with Gasteiger partial charge in [-0.3, -0.25) is 4.79 Å². The average molecular weight is 393 g/mol. The lowest BCUT2D eigenvalue weighted by atomic mass is 10.2. The lowest BCUT2D eigenvalue weighted by Crippen LogP contribution is -2.23. The van der Waals surface area contributed by atoms with Gasteiger partial charge in [-0.1, -0.05) is 11.6 Å². The summed E-state index contributed by atoms with van der Waals surface area (Å²) in [6.07, 6.45) is 1.32. The van der Waals surface area contributed by atoms with Crippen molar-refractivity contribution in [2.75, 3.05) is 33.1 Å². The number of hydrogen-bond acceptors (Lipinski definition) is 5. The molecule has 0 aromatic heterocycles. The lowest BCUT2D eigenvalue weighted by molar-refractivity contribution is -0.122. The van der Waals surface area contributed by atoms with Crippen molar-refractivity contribution >= 4 is 30.0 Å². The number of amides is 1. The smallest absolute Gasteiger partial charge is 0.210 e. The number of nitrogens with zero attached hydrogens (tertiary/aromatic N) is 1. The molecule has 2 aromatic carbocycles. The molecule has 7 heteroatoms. The number of aldehydes is 1. The lowest BCUT2D eigenvalue weighted by Gasteiger charge is -2.16. The summed E-state index contributed by atoms with van der Waals surface area (Å²) in [5.74, 6) is 1.31. The summed E-state index contributed by atoms with van der Waals surface area (Å²) in [4.78, 5) is 22.4. The number of benzene rings is 2. The molecular weight excluding hydrogens is 368 g/mol. The van der Waals surface area contributed by atoms with E-state index in [4.69, 9.17) is 21.1 Å². The second-order valence-electron chi connectivity index (χ2n) is 5.59. The number of methoxy groups -OCH3 is 2. The van der Waals surface area contributed by atoms with Gasteiger partial charge in [0.1, 0.15) is 17.8 Å². The third-order valence-corrected chi connectivity index (χ3v) is 4.02. The number of anilines is 1. The summed E-state index contributed by atoms with van der Waals surface area (Å²) in [5, 5.41) is 3.85. The van der Waals surface area contributed by atoms with Crippen LogP contribution in [0.2, 0.25) is 5.02 Å². The molecule has 0 saturated heterocycles. The molecular formula is C20H25ClN2O4. The third kappa shape index (κ3) is 7.19. The van der Waals surface area contributed by atoms with Crippen LogP contribution in [0.3, 0.4) is 0 Å². The molecule has 1 amide bonds. The maximum absolute atomic E-state index is 10.7. The summed E-state index contributed by atoms with van der Waals surface area (Å²) >= 11 is 5.75. The first kappa shape index (κ1) is 22.3. The molecule has 0 aliphatic heterocycles. The van der Waals surface area contributed by atoms with Crippen LogP contribution in [0.25, 0.3) is 0 Å². The van der Waals surface area contributed by atoms with Gasteiger partial charge in [-0.05, 0) is 42.8 Å². The van der Waals surface area contributed by atoms with Crippen molar-refractivity contribution < 1.29 is 19.1 Å². The van der Waals surface area contributed by atoms with Crippen molar-refractivity contribution in [1.82, 2.24) is 4.90 Å². The fourth-order valence-corrected chi connectivity index (χ4v) is 2.58. The summed E-state index contributed by atoms with van der Waals surface area (Å²) in [6, 6.07) is 11.1. The van der Waals surface area contributed by atoms with Gasteiger partial charge in [0.25, 0.3) is 0 Å². The molecule has 2 rings (SSSR count). The normalized spacial score (nSPS) is 9.52. The van der Waals surface area contributed by atoms with Gasteiger partial charge >= 0.3 is 0 Å². The average Bonchev–Trinajstić information content (AvgIpc) is 2.68. The van der Waals surface area contributed by atoms with E-state index in [1.807, 2.05) is 32.2 Å². The standard InChI is InChI=1S/C12H15NO4.C8H10ClN/c1-16-11-4-3-10(12(7-11)17-2)8-13(9-15)5-6-14;1-6-5-7(9)3-4-8(6)10-2/h3-4,6-7,9H,5,8H2,1-2H3;3-5,10H,1-2H3. The van der Waals surface area contributed by atoms with Crippen LogP contribution in [0.15, 0.2) is 36.4 Å². The molecule has 6 nitrogen and oxygen atoms in total. The van der Waals surface area contributed by atoms with E-state index < -0.39 is 0 Å². The van der Waals surface area contributed by atoms with Crippen molar-refractivity contribution in [2.24, 2.45) is 0 Å². The summed E-state index contributed by atoms with van der Waals surface area (Å²) in [6.45, 7) is 2.42. The van der Waals surface area contributed by atoms with Crippen LogP contribution in [0.1, 0.15) is 11.1 Å². The predicted molar refractivity (Wildman–Crippen MR) is 108 cm³/mol. The number of carbonyl (C=O) groups excluding carboxylic acids is 2. The minimum absolute atomic E-state index is 0.0681. The molecule has 0 aliphatic rings. The predicted octanol–water partition coefficient (Wildman–Crippen LogP) is 3.55. The topological polar surface area (TPSA) is 67.9 Å². The largest absolute Gasteiger partial charge is 0.497 e. The maximum atomic E-state index is 10.7. The molecule has 0 radical (unpaired) electrons. The first-order valence-corrected chi connectivity index (χ1v) is 8.64. The monoisotopic (exact) mass is 392 g/mol. The molecule has 0 unspecified atom stereocenters. The third-order valence-electron chi connectivity index (χ3n) is 3.78. The van der Waals surface area contributed by atoms with Gasteiger partial charge in [-0.15, -0.1) is 0 Å². The van der Waals surface area contributed by atoms with Gasteiger partial charge < -0.3 is 24.5 Å². The van der Waals surface area contributed by atoms with E-state index in [1.165, 1.54) is 10.5 Å². The van der Waals surface area contributed by atoms with Crippen LogP contribution in [-0.2, 0) is 16.1 Å². The maximum Gasteiger partial charge on any atom is 0.210 e. The van der Waals surface area contributed by atoms with Gasteiger partial charge in [0, 0.05) is 35.9 Å². The van der Waals surface area contributed by atoms with Crippen molar-refractivity contribution in [3.8, 4) is 11.5 Å². The van der Waals surface area contributed by atoms with Gasteiger partial charge in [-0.2, -0.15) is 0 Å². The number of carbonyl (C=O) groups is 2. The van der Waals surface area contributed by atoms with Crippen molar-refractivity contribution in [2.45, 2.75) is 13.5 Å². The molecule has 0 bridgehead atoms. The van der Waals surface area contributed by atoms with Crippen LogP contribution < -0.4 is 14.8 Å². The second kappa shape index (κ2) is 11.8. The molecule has 2 aromatic rings. The molecule has 0 saturated carbocycles. The fourth-order valence-electron chi connectivity index (χ4n) is 2.35. The Kier molecular flexibility index (Phi) is 9.75. The first-order chi connectivity index (χ1) is 13.0. The van der Waals surface area contributed by atoms with Gasteiger partial charge in [0.2, 0.25) is 6.41 Å². The number of rotatable bonds is 8. The minimum atomic E-state index is 0.0681. The Hall–Kier alpha value is -2.73. The number of aryl methyl sites for hydroxylation is 1. The number of halogens is 1. The van der Waals surface area contributed by atoms with Crippen LogP contribution in [-0.4, -0.2) is 45.4 Å². The number of ether oxygens (including phenoxy) is 2. The summed E-state index contributed by atoms with van der Waals surface area (Å²) in [5.41, 5.74) is 3.13. The molecule has 146 valence electrons. The molecule has 1 N–H and O–H groups in total. The highest BCUT2D eigenvalue weighted by Gasteiger charge is 2.09. The molecule has 0 atom stereocenters. The van der Waals surface area contributed by atoms with Crippen LogP contribution in [0, 0.1) is 6.92 Å². The number of hydrogen-bond donors (Lipinski definition) is 1. The first-order valence-electron chi connectivity index (χ1n) is 8.26. The Balaban J connectivity index is 0.000000309. The molecule has 0 aliphatic carbocycles. The Morgan fingerprint density at radius 3 is 2.37 bits per heavy atom. The zero-order valence-corrected chi connectivity index (χ0v) is 16.7. The highest BCUT2D eigenvalue weighted by Crippen LogP contribution is 2.25. The number of nitrogens with one attached hydrogen (secondary N) is 1. The highest BCUT2D eigenvalue weighted by atomic mass is 35.5. The van der Waals surface area contributed by atoms with E-state index in [1.54, 1.807) is 32.4 Å². The summed E-state index contributed by atoms with van der Waals surface area (Å²) in [7, 11) is 5.01. The highest BCUT2D eigenvalue weighted by molar-refractivity contribution is 6.30. The van der Waals surface area contributed by atoms with E-state index in [-0.39, 0.29) is 6.54 Å². The van der Waals surface area contributed by atoms with Gasteiger partial charge in [0.05, 0.1) is 20.8 Å². The molecule has 0 spiro atoms. The van der Waals surface area contributed by atoms with E-state index >= 15 is 0 Å². The van der Waals surface area contributed by atoms with E-state index in [2.05, 4.69) is 5.32 Å². The minimum Gasteiger partial charge on any atom is -0.497 e. The van der Waals surface area contributed by atoms with Crippen LogP contribution >= 0.6 is 11.6 Å². The second-order valence-corrected chi connectivity index (χ2v) is 6.02. The Morgan fingerprint density at radius 1 is 1.11 bits per heavy atom. The van der Waals surface area contributed by atoms with Crippen molar-refractivity contribution in [1.29, 1.82) is 0 Å². The van der Waals surface area contributed by atoms with Gasteiger partial charge in [-0.25, -0.2) is 0 Å². The van der Waals surface area contributed by atoms with Gasteiger partial charge in [0.15, 0.2) is 0 Å². The quantitative estimate of drug-likeness (QED) is 0.696. The SMILES string of the molecule is CNc1ccc(Cl)cc1C.COc1ccc(CN(C=O)CC=O)c(OC)c1.